The molecule has 1 aromatic carbocycles. The Labute approximate surface area is 126 Å². The highest BCUT2D eigenvalue weighted by Crippen LogP contribution is 2.35. The molecule has 1 atom stereocenters. The average molecular weight is 301 g/mol. The van der Waals surface area contributed by atoms with Gasteiger partial charge in [0.25, 0.3) is 0 Å². The van der Waals surface area contributed by atoms with Crippen molar-refractivity contribution in [3.63, 3.8) is 0 Å². The Balaban J connectivity index is 1.88. The third kappa shape index (κ3) is 4.29. The van der Waals surface area contributed by atoms with Gasteiger partial charge in [-0.05, 0) is 36.5 Å². The lowest BCUT2D eigenvalue weighted by molar-refractivity contribution is 0.331. The number of alkyl halides is 1. The van der Waals surface area contributed by atoms with Crippen LogP contribution in [0.5, 0.6) is 5.75 Å². The van der Waals surface area contributed by atoms with Crippen LogP contribution in [0.3, 0.4) is 0 Å². The number of hydrogen-bond acceptors (Lipinski definition) is 1. The molecule has 0 aliphatic heterocycles. The second-order valence-corrected chi connectivity index (χ2v) is 6.38. The predicted molar refractivity (Wildman–Crippen MR) is 82.4 cm³/mol. The van der Waals surface area contributed by atoms with Gasteiger partial charge in [0, 0.05) is 0 Å². The van der Waals surface area contributed by atoms with Crippen molar-refractivity contribution >= 4 is 23.2 Å². The van der Waals surface area contributed by atoms with Crippen LogP contribution in [0.15, 0.2) is 18.2 Å². The van der Waals surface area contributed by atoms with Crippen LogP contribution in [-0.4, -0.2) is 7.11 Å². The third-order valence-corrected chi connectivity index (χ3v) is 4.86. The summed E-state index contributed by atoms with van der Waals surface area (Å²) in [6.45, 7) is 0. The van der Waals surface area contributed by atoms with Gasteiger partial charge in [-0.1, -0.05) is 49.8 Å². The fourth-order valence-electron chi connectivity index (χ4n) is 2.90. The van der Waals surface area contributed by atoms with Crippen molar-refractivity contribution in [1.29, 1.82) is 0 Å². The summed E-state index contributed by atoms with van der Waals surface area (Å²) in [6, 6.07) is 5.84. The number of methoxy groups -OCH3 is 1. The number of hydrogen-bond donors (Lipinski definition) is 0. The zero-order valence-electron chi connectivity index (χ0n) is 11.5. The van der Waals surface area contributed by atoms with Gasteiger partial charge in [0.15, 0.2) is 0 Å². The van der Waals surface area contributed by atoms with E-state index in [4.69, 9.17) is 27.9 Å². The van der Waals surface area contributed by atoms with Crippen molar-refractivity contribution in [2.24, 2.45) is 5.92 Å². The molecule has 1 fully saturated rings. The van der Waals surface area contributed by atoms with E-state index in [-0.39, 0.29) is 5.38 Å². The van der Waals surface area contributed by atoms with Crippen LogP contribution in [0.25, 0.3) is 0 Å². The summed E-state index contributed by atoms with van der Waals surface area (Å²) in [5, 5.41) is 0.702. The van der Waals surface area contributed by atoms with Crippen molar-refractivity contribution in [3.05, 3.63) is 28.8 Å². The van der Waals surface area contributed by atoms with Crippen LogP contribution in [0.1, 0.15) is 55.9 Å². The van der Waals surface area contributed by atoms with Gasteiger partial charge in [0.1, 0.15) is 5.75 Å². The Kier molecular flexibility index (Phi) is 5.84. The van der Waals surface area contributed by atoms with Gasteiger partial charge in [0.05, 0.1) is 17.5 Å². The van der Waals surface area contributed by atoms with Gasteiger partial charge in [-0.3, -0.25) is 0 Å². The van der Waals surface area contributed by atoms with Crippen LogP contribution < -0.4 is 4.74 Å². The summed E-state index contributed by atoms with van der Waals surface area (Å²) in [5.74, 6) is 1.59. The maximum atomic E-state index is 6.49. The zero-order valence-corrected chi connectivity index (χ0v) is 13.0. The molecule has 0 saturated heterocycles. The molecule has 0 N–H and O–H groups in total. The Hall–Kier alpha value is -0.400. The standard InChI is InChI=1S/C16H22Cl2O/c1-19-16-10-8-13(11-15(16)18)14(17)9-7-12-5-3-2-4-6-12/h8,10-12,14H,2-7,9H2,1H3. The van der Waals surface area contributed by atoms with Crippen molar-refractivity contribution in [2.45, 2.75) is 50.3 Å². The van der Waals surface area contributed by atoms with E-state index in [2.05, 4.69) is 0 Å². The summed E-state index contributed by atoms with van der Waals surface area (Å²) in [7, 11) is 1.63. The number of ether oxygens (including phenoxy) is 1. The first-order chi connectivity index (χ1) is 9.20. The number of halogens is 2. The summed E-state index contributed by atoms with van der Waals surface area (Å²) in [6.07, 6.45) is 9.24. The third-order valence-electron chi connectivity index (χ3n) is 4.09. The van der Waals surface area contributed by atoms with Crippen LogP contribution in [0, 0.1) is 5.92 Å². The van der Waals surface area contributed by atoms with E-state index in [1.165, 1.54) is 38.5 Å². The minimum absolute atomic E-state index is 0.0605. The van der Waals surface area contributed by atoms with Crippen molar-refractivity contribution in [1.82, 2.24) is 0 Å². The molecule has 1 aromatic rings. The Morgan fingerprint density at radius 3 is 2.63 bits per heavy atom. The second-order valence-electron chi connectivity index (χ2n) is 5.44. The lowest BCUT2D eigenvalue weighted by atomic mass is 9.85. The van der Waals surface area contributed by atoms with E-state index in [1.54, 1.807) is 7.11 Å². The first-order valence-corrected chi connectivity index (χ1v) is 7.99. The fraction of sp³-hybridized carbons (Fsp3) is 0.625. The minimum atomic E-state index is 0.0605. The fourth-order valence-corrected chi connectivity index (χ4v) is 3.43. The molecular weight excluding hydrogens is 279 g/mol. The quantitative estimate of drug-likeness (QED) is 0.607. The normalized spacial score (nSPS) is 18.3. The summed E-state index contributed by atoms with van der Waals surface area (Å²) in [4.78, 5) is 0. The van der Waals surface area contributed by atoms with E-state index >= 15 is 0 Å². The molecule has 0 bridgehead atoms. The molecule has 1 nitrogen and oxygen atoms in total. The summed E-state index contributed by atoms with van der Waals surface area (Å²) >= 11 is 12.6. The molecular formula is C16H22Cl2O. The zero-order chi connectivity index (χ0) is 13.7. The molecule has 1 aliphatic rings. The summed E-state index contributed by atoms with van der Waals surface area (Å²) < 4.78 is 5.16. The van der Waals surface area contributed by atoms with Gasteiger partial charge in [-0.15, -0.1) is 11.6 Å². The Morgan fingerprint density at radius 1 is 1.26 bits per heavy atom. The first-order valence-electron chi connectivity index (χ1n) is 7.18. The van der Waals surface area contributed by atoms with Crippen molar-refractivity contribution < 1.29 is 4.74 Å². The number of benzene rings is 1. The van der Waals surface area contributed by atoms with E-state index in [1.807, 2.05) is 18.2 Å². The highest BCUT2D eigenvalue weighted by Gasteiger charge is 2.16. The van der Waals surface area contributed by atoms with Crippen LogP contribution in [0.2, 0.25) is 5.02 Å². The SMILES string of the molecule is COc1ccc(C(Cl)CCC2CCCCC2)cc1Cl. The lowest BCUT2D eigenvalue weighted by Gasteiger charge is -2.22. The average Bonchev–Trinajstić information content (AvgIpc) is 2.45. The van der Waals surface area contributed by atoms with Crippen molar-refractivity contribution in [2.75, 3.05) is 7.11 Å². The lowest BCUT2D eigenvalue weighted by Crippen LogP contribution is -2.07. The van der Waals surface area contributed by atoms with Gasteiger partial charge >= 0.3 is 0 Å². The molecule has 1 unspecified atom stereocenters. The van der Waals surface area contributed by atoms with Gasteiger partial charge in [-0.25, -0.2) is 0 Å². The maximum Gasteiger partial charge on any atom is 0.137 e. The molecule has 0 heterocycles. The molecule has 19 heavy (non-hydrogen) atoms. The van der Waals surface area contributed by atoms with Crippen LogP contribution in [0.4, 0.5) is 0 Å². The van der Waals surface area contributed by atoms with E-state index in [0.717, 1.165) is 17.9 Å². The molecule has 3 heteroatoms. The Morgan fingerprint density at radius 2 is 2.00 bits per heavy atom. The highest BCUT2D eigenvalue weighted by atomic mass is 35.5. The predicted octanol–water partition coefficient (Wildman–Crippen LogP) is 5.99. The molecule has 0 aromatic heterocycles. The second kappa shape index (κ2) is 7.40. The minimum Gasteiger partial charge on any atom is -0.495 e. The Bertz CT molecular complexity index is 400. The van der Waals surface area contributed by atoms with E-state index in [0.29, 0.717) is 10.8 Å². The molecule has 2 rings (SSSR count). The van der Waals surface area contributed by atoms with Gasteiger partial charge in [-0.2, -0.15) is 0 Å². The summed E-state index contributed by atoms with van der Waals surface area (Å²) in [5.41, 5.74) is 1.10. The topological polar surface area (TPSA) is 9.23 Å². The van der Waals surface area contributed by atoms with Gasteiger partial charge < -0.3 is 4.74 Å². The number of rotatable bonds is 5. The molecule has 1 saturated carbocycles. The molecule has 0 radical (unpaired) electrons. The van der Waals surface area contributed by atoms with Gasteiger partial charge in [0.2, 0.25) is 0 Å². The largest absolute Gasteiger partial charge is 0.495 e. The monoisotopic (exact) mass is 300 g/mol. The molecule has 106 valence electrons. The van der Waals surface area contributed by atoms with Crippen molar-refractivity contribution in [3.8, 4) is 5.75 Å². The first kappa shape index (κ1) is 15.0. The highest BCUT2D eigenvalue weighted by molar-refractivity contribution is 6.32. The van der Waals surface area contributed by atoms with Crippen LogP contribution >= 0.6 is 23.2 Å². The van der Waals surface area contributed by atoms with Crippen LogP contribution in [-0.2, 0) is 0 Å². The van der Waals surface area contributed by atoms with E-state index in [9.17, 15) is 0 Å². The molecule has 0 amide bonds. The molecule has 0 spiro atoms. The van der Waals surface area contributed by atoms with E-state index < -0.39 is 0 Å². The smallest absolute Gasteiger partial charge is 0.137 e. The maximum absolute atomic E-state index is 6.49. The molecule has 1 aliphatic carbocycles.